The molecule has 3 nitrogen and oxygen atoms in total. The average molecular weight is 253 g/mol. The molecule has 1 saturated heterocycles. The van der Waals surface area contributed by atoms with Gasteiger partial charge in [-0.25, -0.2) is 13.8 Å². The fourth-order valence-electron chi connectivity index (χ4n) is 1.41. The topological polar surface area (TPSA) is 33.2 Å². The third kappa shape index (κ3) is 2.10. The van der Waals surface area contributed by atoms with Gasteiger partial charge in [0.25, 0.3) is 5.92 Å². The number of anilines is 1. The van der Waals surface area contributed by atoms with Crippen LogP contribution in [-0.4, -0.2) is 30.3 Å². The summed E-state index contributed by atoms with van der Waals surface area (Å²) in [5.41, 5.74) is 0. The van der Waals surface area contributed by atoms with Crippen molar-refractivity contribution in [1.29, 1.82) is 0 Å². The Labute approximate surface area is 93.7 Å². The normalized spacial score (nSPS) is 19.5. The van der Waals surface area contributed by atoms with E-state index in [9.17, 15) is 13.6 Å². The van der Waals surface area contributed by atoms with Gasteiger partial charge in [0.2, 0.25) is 0 Å². The molecule has 0 aliphatic carbocycles. The largest absolute Gasteiger partial charge is 0.342 e. The van der Waals surface area contributed by atoms with Gasteiger partial charge in [-0.3, -0.25) is 4.79 Å². The molecule has 0 atom stereocenters. The molecule has 2 heterocycles. The van der Waals surface area contributed by atoms with Gasteiger partial charge in [0.05, 0.1) is 6.54 Å². The number of hydrogen-bond donors (Lipinski definition) is 0. The fourth-order valence-corrected chi connectivity index (χ4v) is 2.50. The van der Waals surface area contributed by atoms with Crippen LogP contribution in [0.25, 0.3) is 0 Å². The standard InChI is InChI=1S/C8H7ClF2N2OS/c9-6-5(3-14)15-7(12-6)13-2-1-8(10,11)4-13/h3H,1-2,4H2. The van der Waals surface area contributed by atoms with Gasteiger partial charge >= 0.3 is 0 Å². The first-order valence-electron chi connectivity index (χ1n) is 4.26. The van der Waals surface area contributed by atoms with Crippen LogP contribution in [0.1, 0.15) is 16.1 Å². The smallest absolute Gasteiger partial charge is 0.267 e. The average Bonchev–Trinajstić information content (AvgIpc) is 2.69. The molecule has 82 valence electrons. The molecule has 0 N–H and O–H groups in total. The minimum Gasteiger partial charge on any atom is -0.342 e. The molecule has 2 rings (SSSR count). The zero-order valence-electron chi connectivity index (χ0n) is 7.54. The van der Waals surface area contributed by atoms with E-state index in [1.165, 1.54) is 4.90 Å². The van der Waals surface area contributed by atoms with Crippen LogP contribution in [0.5, 0.6) is 0 Å². The minimum absolute atomic E-state index is 0.0835. The van der Waals surface area contributed by atoms with Gasteiger partial charge in [0.15, 0.2) is 16.6 Å². The van der Waals surface area contributed by atoms with Crippen LogP contribution in [0.4, 0.5) is 13.9 Å². The predicted octanol–water partition coefficient (Wildman–Crippen LogP) is 2.45. The Balaban J connectivity index is 2.20. The second-order valence-corrected chi connectivity index (χ2v) is 4.66. The van der Waals surface area contributed by atoms with Crippen molar-refractivity contribution in [2.45, 2.75) is 12.3 Å². The lowest BCUT2D eigenvalue weighted by atomic mass is 10.3. The summed E-state index contributed by atoms with van der Waals surface area (Å²) >= 11 is 6.69. The number of aldehydes is 1. The van der Waals surface area contributed by atoms with Gasteiger partial charge in [-0.2, -0.15) is 0 Å². The maximum atomic E-state index is 12.9. The first-order valence-corrected chi connectivity index (χ1v) is 5.45. The van der Waals surface area contributed by atoms with Crippen molar-refractivity contribution in [2.24, 2.45) is 0 Å². The summed E-state index contributed by atoms with van der Waals surface area (Å²) in [4.78, 5) is 16.1. The highest BCUT2D eigenvalue weighted by atomic mass is 35.5. The summed E-state index contributed by atoms with van der Waals surface area (Å²) in [5, 5.41) is 0.472. The van der Waals surface area contributed by atoms with Crippen molar-refractivity contribution >= 4 is 34.4 Å². The van der Waals surface area contributed by atoms with Crippen LogP contribution >= 0.6 is 22.9 Å². The van der Waals surface area contributed by atoms with Crippen LogP contribution in [0.15, 0.2) is 0 Å². The summed E-state index contributed by atoms with van der Waals surface area (Å²) in [7, 11) is 0. The third-order valence-electron chi connectivity index (χ3n) is 2.15. The summed E-state index contributed by atoms with van der Waals surface area (Å²) in [6, 6.07) is 0. The van der Waals surface area contributed by atoms with Gasteiger partial charge in [-0.15, -0.1) is 0 Å². The van der Waals surface area contributed by atoms with Crippen LogP contribution in [0.2, 0.25) is 5.15 Å². The molecule has 0 radical (unpaired) electrons. The molecule has 0 amide bonds. The Morgan fingerprint density at radius 1 is 1.60 bits per heavy atom. The molecule has 0 bridgehead atoms. The highest BCUT2D eigenvalue weighted by molar-refractivity contribution is 7.17. The second-order valence-electron chi connectivity index (χ2n) is 3.30. The third-order valence-corrected chi connectivity index (χ3v) is 3.59. The van der Waals surface area contributed by atoms with Crippen molar-refractivity contribution in [3.05, 3.63) is 10.0 Å². The lowest BCUT2D eigenvalue weighted by Crippen LogP contribution is -2.24. The molecule has 0 saturated carbocycles. The van der Waals surface area contributed by atoms with E-state index in [2.05, 4.69) is 4.98 Å². The Hall–Kier alpha value is -0.750. The molecule has 1 aliphatic rings. The van der Waals surface area contributed by atoms with E-state index >= 15 is 0 Å². The number of hydrogen-bond acceptors (Lipinski definition) is 4. The van der Waals surface area contributed by atoms with E-state index in [-0.39, 0.29) is 29.5 Å². The van der Waals surface area contributed by atoms with Gasteiger partial charge in [0.1, 0.15) is 4.88 Å². The summed E-state index contributed by atoms with van der Waals surface area (Å²) < 4.78 is 25.8. The number of carbonyl (C=O) groups is 1. The van der Waals surface area contributed by atoms with Crippen molar-refractivity contribution in [3.63, 3.8) is 0 Å². The Morgan fingerprint density at radius 3 is 2.80 bits per heavy atom. The van der Waals surface area contributed by atoms with E-state index in [4.69, 9.17) is 11.6 Å². The van der Waals surface area contributed by atoms with Crippen LogP contribution < -0.4 is 4.90 Å². The Kier molecular flexibility index (Phi) is 2.64. The monoisotopic (exact) mass is 252 g/mol. The number of aromatic nitrogens is 1. The second kappa shape index (κ2) is 3.68. The highest BCUT2D eigenvalue weighted by Gasteiger charge is 2.39. The molecule has 0 spiro atoms. The highest BCUT2D eigenvalue weighted by Crippen LogP contribution is 2.35. The molecule has 15 heavy (non-hydrogen) atoms. The zero-order chi connectivity index (χ0) is 11.1. The van der Waals surface area contributed by atoms with Crippen LogP contribution in [0, 0.1) is 0 Å². The van der Waals surface area contributed by atoms with Gasteiger partial charge in [-0.05, 0) is 0 Å². The van der Waals surface area contributed by atoms with Crippen molar-refractivity contribution in [1.82, 2.24) is 4.98 Å². The van der Waals surface area contributed by atoms with Crippen molar-refractivity contribution in [2.75, 3.05) is 18.0 Å². The Bertz CT molecular complexity index is 396. The molecular weight excluding hydrogens is 246 g/mol. The van der Waals surface area contributed by atoms with Gasteiger partial charge in [0, 0.05) is 13.0 Å². The number of halogens is 3. The van der Waals surface area contributed by atoms with Crippen LogP contribution in [-0.2, 0) is 0 Å². The Morgan fingerprint density at radius 2 is 2.33 bits per heavy atom. The minimum atomic E-state index is -2.67. The van der Waals surface area contributed by atoms with Crippen molar-refractivity contribution in [3.8, 4) is 0 Å². The molecule has 1 fully saturated rings. The molecule has 0 unspecified atom stereocenters. The number of nitrogens with zero attached hydrogens (tertiary/aromatic N) is 2. The van der Waals surface area contributed by atoms with E-state index in [1.54, 1.807) is 0 Å². The molecule has 0 aromatic carbocycles. The quantitative estimate of drug-likeness (QED) is 0.758. The molecule has 1 aromatic heterocycles. The number of alkyl halides is 2. The van der Waals surface area contributed by atoms with Gasteiger partial charge in [-0.1, -0.05) is 22.9 Å². The van der Waals surface area contributed by atoms with E-state index in [1.807, 2.05) is 0 Å². The first-order chi connectivity index (χ1) is 7.02. The summed E-state index contributed by atoms with van der Waals surface area (Å²) in [6.07, 6.45) is 0.401. The molecule has 1 aliphatic heterocycles. The lowest BCUT2D eigenvalue weighted by molar-refractivity contribution is 0.0257. The summed E-state index contributed by atoms with van der Waals surface area (Å²) in [5.74, 6) is -2.67. The fraction of sp³-hybridized carbons (Fsp3) is 0.500. The van der Waals surface area contributed by atoms with E-state index in [0.717, 1.165) is 11.3 Å². The lowest BCUT2D eigenvalue weighted by Gasteiger charge is -2.13. The van der Waals surface area contributed by atoms with Crippen LogP contribution in [0.3, 0.4) is 0 Å². The molecule has 1 aromatic rings. The number of thiazole rings is 1. The van der Waals surface area contributed by atoms with Crippen molar-refractivity contribution < 1.29 is 13.6 Å². The molecular formula is C8H7ClF2N2OS. The van der Waals surface area contributed by atoms with E-state index < -0.39 is 5.92 Å². The zero-order valence-corrected chi connectivity index (χ0v) is 9.12. The van der Waals surface area contributed by atoms with E-state index in [0.29, 0.717) is 11.4 Å². The van der Waals surface area contributed by atoms with Gasteiger partial charge < -0.3 is 4.90 Å². The summed E-state index contributed by atoms with van der Waals surface area (Å²) in [6.45, 7) is -0.107. The molecule has 7 heteroatoms. The maximum Gasteiger partial charge on any atom is 0.267 e. The number of rotatable bonds is 2. The number of carbonyl (C=O) groups excluding carboxylic acids is 1. The maximum absolute atomic E-state index is 12.9. The predicted molar refractivity (Wildman–Crippen MR) is 54.3 cm³/mol. The first kappa shape index (κ1) is 10.8. The SMILES string of the molecule is O=Cc1sc(N2CCC(F)(F)C2)nc1Cl.